The Balaban J connectivity index is 2.23. The Bertz CT molecular complexity index is 1260. The number of unbranched alkanes of at least 4 members (excludes halogenated alkanes) is 1. The van der Waals surface area contributed by atoms with E-state index in [1.807, 2.05) is 25.1 Å². The number of aromatic hydroxyl groups is 1. The van der Waals surface area contributed by atoms with Gasteiger partial charge in [-0.2, -0.15) is 0 Å². The van der Waals surface area contributed by atoms with Gasteiger partial charge in [0, 0.05) is 13.0 Å². The van der Waals surface area contributed by atoms with E-state index in [-0.39, 0.29) is 50.7 Å². The van der Waals surface area contributed by atoms with Gasteiger partial charge in [-0.1, -0.05) is 49.4 Å². The molecule has 0 heterocycles. The lowest BCUT2D eigenvalue weighted by atomic mass is 10.0. The van der Waals surface area contributed by atoms with Crippen LogP contribution >= 0.6 is 0 Å². The first-order valence-electron chi connectivity index (χ1n) is 15.4. The maximum absolute atomic E-state index is 13.7. The molecule has 2 rings (SSSR count). The van der Waals surface area contributed by atoms with Gasteiger partial charge in [-0.05, 0) is 68.3 Å². The lowest BCUT2D eigenvalue weighted by molar-refractivity contribution is -0.148. The molecule has 2 aromatic rings. The number of hydrogen-bond acceptors (Lipinski definition) is 9. The van der Waals surface area contributed by atoms with Gasteiger partial charge in [0.05, 0.1) is 6.61 Å². The van der Waals surface area contributed by atoms with Crippen molar-refractivity contribution in [2.75, 3.05) is 19.7 Å². The zero-order chi connectivity index (χ0) is 33.7. The highest BCUT2D eigenvalue weighted by Gasteiger charge is 2.30. The van der Waals surface area contributed by atoms with E-state index >= 15 is 0 Å². The molecule has 2 aromatic carbocycles. The predicted molar refractivity (Wildman–Crippen MR) is 173 cm³/mol. The number of esters is 1. The molecule has 10 N–H and O–H groups in total. The summed E-state index contributed by atoms with van der Waals surface area (Å²) in [5, 5.41) is 17.8. The standard InChI is InChI=1S/C32H47N7O7/c1-2-19-45-30(43)26(12-8-18-36-31(34)35)37-29(42)27(20-22-13-15-24(40)16-14-22)38-28(41)25(11-6-7-17-33)39-32(44)46-21-23-9-4-3-5-10-23/h3-5,9-10,13-16,25-27,40H,2,6-8,11-12,17-21,33H2,1H3,(H,37,42)(H,38,41)(H,39,44)(H4,34,35,36)/t25-,26-,27-/m0/s1. The number of carbonyl (C=O) groups is 4. The highest BCUT2D eigenvalue weighted by molar-refractivity contribution is 5.93. The number of rotatable bonds is 20. The second-order valence-electron chi connectivity index (χ2n) is 10.7. The summed E-state index contributed by atoms with van der Waals surface area (Å²) in [6.45, 7) is 2.66. The van der Waals surface area contributed by atoms with Crippen LogP contribution in [0.3, 0.4) is 0 Å². The molecule has 0 radical (unpaired) electrons. The van der Waals surface area contributed by atoms with E-state index in [2.05, 4.69) is 20.9 Å². The Labute approximate surface area is 269 Å². The van der Waals surface area contributed by atoms with Crippen molar-refractivity contribution >= 4 is 29.8 Å². The number of aliphatic imine (C=N–C) groups is 1. The number of phenolic OH excluding ortho intramolecular Hbond substituents is 1. The van der Waals surface area contributed by atoms with Gasteiger partial charge >= 0.3 is 12.1 Å². The van der Waals surface area contributed by atoms with Gasteiger partial charge in [0.25, 0.3) is 0 Å². The molecule has 0 unspecified atom stereocenters. The molecule has 0 aliphatic rings. The lowest BCUT2D eigenvalue weighted by Gasteiger charge is -2.25. The number of hydrogen-bond donors (Lipinski definition) is 7. The molecular formula is C32H47N7O7. The van der Waals surface area contributed by atoms with E-state index in [9.17, 15) is 24.3 Å². The molecule has 0 saturated heterocycles. The maximum atomic E-state index is 13.7. The van der Waals surface area contributed by atoms with Gasteiger partial charge in [0.1, 0.15) is 30.5 Å². The summed E-state index contributed by atoms with van der Waals surface area (Å²) in [5.74, 6) is -1.95. The Hall–Kier alpha value is -4.85. The van der Waals surface area contributed by atoms with Crippen molar-refractivity contribution in [3.63, 3.8) is 0 Å². The number of guanidine groups is 1. The van der Waals surface area contributed by atoms with Crippen molar-refractivity contribution in [3.8, 4) is 5.75 Å². The molecule has 14 nitrogen and oxygen atoms in total. The Morgan fingerprint density at radius 2 is 1.46 bits per heavy atom. The first kappa shape index (κ1) is 37.3. The van der Waals surface area contributed by atoms with Crippen LogP contribution in [0.25, 0.3) is 0 Å². The second-order valence-corrected chi connectivity index (χ2v) is 10.7. The fraction of sp³-hybridized carbons (Fsp3) is 0.469. The summed E-state index contributed by atoms with van der Waals surface area (Å²) in [6, 6.07) is 12.0. The average Bonchev–Trinajstić information content (AvgIpc) is 3.04. The quantitative estimate of drug-likeness (QED) is 0.0474. The van der Waals surface area contributed by atoms with Crippen LogP contribution in [0.2, 0.25) is 0 Å². The smallest absolute Gasteiger partial charge is 0.408 e. The van der Waals surface area contributed by atoms with Crippen molar-refractivity contribution in [2.45, 2.75) is 76.6 Å². The van der Waals surface area contributed by atoms with Crippen LogP contribution in [0.5, 0.6) is 5.75 Å². The number of nitrogens with zero attached hydrogens (tertiary/aromatic N) is 1. The van der Waals surface area contributed by atoms with Crippen molar-refractivity contribution in [1.82, 2.24) is 16.0 Å². The Kier molecular flexibility index (Phi) is 17.0. The summed E-state index contributed by atoms with van der Waals surface area (Å²) >= 11 is 0. The highest BCUT2D eigenvalue weighted by atomic mass is 16.5. The number of carbonyl (C=O) groups excluding carboxylic acids is 4. The van der Waals surface area contributed by atoms with Crippen molar-refractivity contribution in [2.24, 2.45) is 22.2 Å². The van der Waals surface area contributed by atoms with Gasteiger partial charge in [0.15, 0.2) is 5.96 Å². The SMILES string of the molecule is CCCOC(=O)[C@H](CCCN=C(N)N)NC(=O)[C@H](Cc1ccc(O)cc1)NC(=O)[C@H](CCCCN)NC(=O)OCc1ccccc1. The van der Waals surface area contributed by atoms with Crippen LogP contribution in [-0.4, -0.2) is 72.8 Å². The summed E-state index contributed by atoms with van der Waals surface area (Å²) in [5.41, 5.74) is 17.8. The minimum atomic E-state index is -1.16. The molecule has 14 heteroatoms. The first-order valence-corrected chi connectivity index (χ1v) is 15.4. The van der Waals surface area contributed by atoms with E-state index in [4.69, 9.17) is 26.7 Å². The lowest BCUT2D eigenvalue weighted by Crippen LogP contribution is -2.56. The summed E-state index contributed by atoms with van der Waals surface area (Å²) in [7, 11) is 0. The zero-order valence-electron chi connectivity index (χ0n) is 26.3. The van der Waals surface area contributed by atoms with E-state index in [1.165, 1.54) is 12.1 Å². The maximum Gasteiger partial charge on any atom is 0.408 e. The third-order valence-corrected chi connectivity index (χ3v) is 6.77. The van der Waals surface area contributed by atoms with Gasteiger partial charge in [-0.25, -0.2) is 9.59 Å². The molecule has 3 amide bonds. The number of amides is 3. The normalized spacial score (nSPS) is 12.6. The van der Waals surface area contributed by atoms with E-state index in [1.54, 1.807) is 24.3 Å². The van der Waals surface area contributed by atoms with Crippen molar-refractivity contribution in [3.05, 3.63) is 65.7 Å². The van der Waals surface area contributed by atoms with Crippen LogP contribution in [0.4, 0.5) is 4.79 Å². The number of phenols is 1. The van der Waals surface area contributed by atoms with Crippen molar-refractivity contribution < 1.29 is 33.8 Å². The molecular weight excluding hydrogens is 594 g/mol. The fourth-order valence-corrected chi connectivity index (χ4v) is 4.35. The van der Waals surface area contributed by atoms with Crippen molar-refractivity contribution in [1.29, 1.82) is 0 Å². The van der Waals surface area contributed by atoms with Crippen LogP contribution in [0.15, 0.2) is 59.6 Å². The fourth-order valence-electron chi connectivity index (χ4n) is 4.35. The largest absolute Gasteiger partial charge is 0.508 e. The monoisotopic (exact) mass is 641 g/mol. The molecule has 0 fully saturated rings. The highest BCUT2D eigenvalue weighted by Crippen LogP contribution is 2.13. The summed E-state index contributed by atoms with van der Waals surface area (Å²) < 4.78 is 10.6. The van der Waals surface area contributed by atoms with Crippen LogP contribution in [0.1, 0.15) is 56.6 Å². The minimum absolute atomic E-state index is 0.00833. The van der Waals surface area contributed by atoms with Gasteiger partial charge < -0.3 is 47.7 Å². The van der Waals surface area contributed by atoms with Crippen LogP contribution in [-0.2, 0) is 36.9 Å². The van der Waals surface area contributed by atoms with Crippen LogP contribution < -0.4 is 33.2 Å². The van der Waals surface area contributed by atoms with E-state index < -0.39 is 42.0 Å². The molecule has 0 spiro atoms. The Morgan fingerprint density at radius 1 is 0.804 bits per heavy atom. The molecule has 0 bridgehead atoms. The molecule has 252 valence electrons. The number of benzene rings is 2. The minimum Gasteiger partial charge on any atom is -0.508 e. The number of ether oxygens (including phenoxy) is 2. The zero-order valence-corrected chi connectivity index (χ0v) is 26.3. The van der Waals surface area contributed by atoms with E-state index in [0.29, 0.717) is 37.8 Å². The molecule has 0 aliphatic heterocycles. The van der Waals surface area contributed by atoms with Gasteiger partial charge in [-0.3, -0.25) is 14.6 Å². The molecule has 0 aromatic heterocycles. The summed E-state index contributed by atoms with van der Waals surface area (Å²) in [6.07, 6.45) is 1.76. The third kappa shape index (κ3) is 14.8. The van der Waals surface area contributed by atoms with Gasteiger partial charge in [-0.15, -0.1) is 0 Å². The Morgan fingerprint density at radius 3 is 2.11 bits per heavy atom. The second kappa shape index (κ2) is 21.0. The molecule has 3 atom stereocenters. The molecule has 46 heavy (non-hydrogen) atoms. The first-order chi connectivity index (χ1) is 22.1. The van der Waals surface area contributed by atoms with Crippen LogP contribution in [0, 0.1) is 0 Å². The third-order valence-electron chi connectivity index (χ3n) is 6.77. The number of alkyl carbamates (subject to hydrolysis) is 1. The molecule has 0 saturated carbocycles. The molecule has 0 aliphatic carbocycles. The van der Waals surface area contributed by atoms with Gasteiger partial charge in [0.2, 0.25) is 11.8 Å². The topological polar surface area (TPSA) is 233 Å². The number of nitrogens with one attached hydrogen (secondary N) is 3. The summed E-state index contributed by atoms with van der Waals surface area (Å²) in [4.78, 5) is 56.7. The van der Waals surface area contributed by atoms with E-state index in [0.717, 1.165) is 5.56 Å². The average molecular weight is 642 g/mol. The number of nitrogens with two attached hydrogens (primary N) is 3. The predicted octanol–water partition coefficient (Wildman–Crippen LogP) is 1.34.